The third kappa shape index (κ3) is 30.3. The van der Waals surface area contributed by atoms with Gasteiger partial charge in [-0.1, -0.05) is 189 Å². The van der Waals surface area contributed by atoms with Gasteiger partial charge in [0.15, 0.2) is 0 Å². The molecule has 494 valence electrons. The summed E-state index contributed by atoms with van der Waals surface area (Å²) in [6.07, 6.45) is 8.63. The van der Waals surface area contributed by atoms with Crippen molar-refractivity contribution in [3.8, 4) is 0 Å². The zero-order valence-corrected chi connectivity index (χ0v) is 56.6. The van der Waals surface area contributed by atoms with Crippen molar-refractivity contribution in [3.63, 3.8) is 0 Å². The lowest BCUT2D eigenvalue weighted by Gasteiger charge is -2.32. The molecule has 3 heterocycles. The summed E-state index contributed by atoms with van der Waals surface area (Å²) in [5.74, 6) is 0.565. The van der Waals surface area contributed by atoms with Gasteiger partial charge in [-0.3, -0.25) is 19.2 Å². The highest BCUT2D eigenvalue weighted by Crippen LogP contribution is 2.27. The molecule has 3 saturated heterocycles. The van der Waals surface area contributed by atoms with Gasteiger partial charge < -0.3 is 50.5 Å². The van der Waals surface area contributed by atoms with Gasteiger partial charge in [-0.2, -0.15) is 0 Å². The van der Waals surface area contributed by atoms with Gasteiger partial charge >= 0.3 is 6.09 Å². The summed E-state index contributed by atoms with van der Waals surface area (Å²) in [5, 5.41) is 5.11. The van der Waals surface area contributed by atoms with Gasteiger partial charge in [0.1, 0.15) is 5.60 Å². The number of hydrogen-bond acceptors (Lipinski definition) is 10. The molecule has 0 unspecified atom stereocenters. The minimum Gasteiger partial charge on any atom is -0.444 e. The highest BCUT2D eigenvalue weighted by atomic mass is 16.6. The van der Waals surface area contributed by atoms with Gasteiger partial charge in [0.05, 0.1) is 37.4 Å². The SMILES string of the molecule is CCN.CCNC(=O)OC(C)(C)C.CCNC(C)=O.CN(C(=O)Cc1ccccc1)[C@H](CN1CCCC1)c1ccccc1.CN(C(=O)Cc1ccccc1)[C@H](CN1CCCC1)c1ccccc1.CN(C(=O)Cc1ccccc1)[C@H](CN1CCCC1)c1ccccc1. The molecular formula is C76H109N9O6. The largest absolute Gasteiger partial charge is 0.444 e. The Morgan fingerprint density at radius 2 is 0.659 bits per heavy atom. The molecule has 15 heteroatoms. The Morgan fingerprint density at radius 1 is 0.429 bits per heavy atom. The van der Waals surface area contributed by atoms with Gasteiger partial charge in [-0.15, -0.1) is 0 Å². The van der Waals surface area contributed by atoms with Crippen LogP contribution in [0.2, 0.25) is 0 Å². The summed E-state index contributed by atoms with van der Waals surface area (Å²) in [5.41, 5.74) is 11.3. The zero-order chi connectivity index (χ0) is 66.2. The molecular weight excluding hydrogens is 1130 g/mol. The van der Waals surface area contributed by atoms with Crippen LogP contribution >= 0.6 is 0 Å². The number of carbonyl (C=O) groups is 5. The van der Waals surface area contributed by atoms with Gasteiger partial charge in [-0.25, -0.2) is 4.79 Å². The number of nitrogens with two attached hydrogens (primary N) is 1. The van der Waals surface area contributed by atoms with Gasteiger partial charge in [0, 0.05) is 60.8 Å². The zero-order valence-electron chi connectivity index (χ0n) is 56.6. The second kappa shape index (κ2) is 43.1. The Hall–Kier alpha value is -7.69. The molecule has 91 heavy (non-hydrogen) atoms. The minimum absolute atomic E-state index is 0.0394. The van der Waals surface area contributed by atoms with Gasteiger partial charge in [0.25, 0.3) is 0 Å². The van der Waals surface area contributed by atoms with E-state index in [-0.39, 0.29) is 53.4 Å². The second-order valence-electron chi connectivity index (χ2n) is 24.3. The quantitative estimate of drug-likeness (QED) is 0.0670. The molecule has 5 amide bonds. The van der Waals surface area contributed by atoms with Crippen LogP contribution in [0.5, 0.6) is 0 Å². The van der Waals surface area contributed by atoms with Crippen LogP contribution in [0.3, 0.4) is 0 Å². The molecule has 15 nitrogen and oxygen atoms in total. The van der Waals surface area contributed by atoms with E-state index in [0.717, 1.165) is 88.7 Å². The summed E-state index contributed by atoms with van der Waals surface area (Å²) >= 11 is 0. The lowest BCUT2D eigenvalue weighted by atomic mass is 10.0. The average Bonchev–Trinajstić information content (AvgIpc) is 2.10. The van der Waals surface area contributed by atoms with E-state index in [1.807, 2.05) is 187 Å². The number of benzene rings is 6. The van der Waals surface area contributed by atoms with E-state index in [4.69, 9.17) is 10.5 Å². The van der Waals surface area contributed by atoms with E-state index >= 15 is 0 Å². The summed E-state index contributed by atoms with van der Waals surface area (Å²) in [4.78, 5) is 72.3. The molecule has 0 radical (unpaired) electrons. The number of carbonyl (C=O) groups excluding carboxylic acids is 5. The highest BCUT2D eigenvalue weighted by Gasteiger charge is 2.29. The molecule has 3 atom stereocenters. The molecule has 3 fully saturated rings. The van der Waals surface area contributed by atoms with Gasteiger partial charge in [0.2, 0.25) is 23.6 Å². The first kappa shape index (κ1) is 75.8. The number of ether oxygens (including phenoxy) is 1. The summed E-state index contributed by atoms with van der Waals surface area (Å²) in [7, 11) is 5.83. The molecule has 6 aromatic carbocycles. The molecule has 4 N–H and O–H groups in total. The van der Waals surface area contributed by atoms with E-state index in [9.17, 15) is 24.0 Å². The maximum atomic E-state index is 12.8. The standard InChI is InChI=1S/3C21H26N2O.C7H15NO2.C4H9NO.C2H7N/c3*1-22(21(24)16-18-10-4-2-5-11-18)20(17-23-14-8-9-15-23)19-12-6-3-7-13-19;1-5-8-6(9)10-7(2,3)4;1-3-5-4(2)6;1-2-3/h3*2-7,10-13,20H,8-9,14-17H2,1H3;5H2,1-4H3,(H,8,9);3H2,1-2H3,(H,5,6);2-3H2,1H3/t3*20-;;;/m111.../s1. The van der Waals surface area contributed by atoms with Crippen LogP contribution in [-0.4, -0.2) is 164 Å². The van der Waals surface area contributed by atoms with Crippen molar-refractivity contribution in [2.24, 2.45) is 5.73 Å². The smallest absolute Gasteiger partial charge is 0.407 e. The van der Waals surface area contributed by atoms with Crippen LogP contribution in [0.1, 0.15) is 138 Å². The van der Waals surface area contributed by atoms with E-state index in [1.54, 1.807) is 0 Å². The van der Waals surface area contributed by atoms with Crippen LogP contribution in [0.4, 0.5) is 4.79 Å². The van der Waals surface area contributed by atoms with E-state index in [2.05, 4.69) is 98.1 Å². The van der Waals surface area contributed by atoms with E-state index in [0.29, 0.717) is 25.8 Å². The Kier molecular flexibility index (Phi) is 35.9. The molecule has 3 aliphatic rings. The third-order valence-corrected chi connectivity index (χ3v) is 15.8. The van der Waals surface area contributed by atoms with Crippen LogP contribution < -0.4 is 16.4 Å². The summed E-state index contributed by atoms with van der Waals surface area (Å²) < 4.78 is 4.93. The van der Waals surface area contributed by atoms with Crippen molar-refractivity contribution in [1.82, 2.24) is 40.0 Å². The number of hydrogen-bond donors (Lipinski definition) is 3. The summed E-state index contributed by atoms with van der Waals surface area (Å²) in [6, 6.07) is 61.5. The molecule has 0 spiro atoms. The van der Waals surface area contributed by atoms with E-state index in [1.165, 1.54) is 62.1 Å². The van der Waals surface area contributed by atoms with Crippen molar-refractivity contribution in [1.29, 1.82) is 0 Å². The minimum atomic E-state index is -0.390. The number of likely N-dealkylation sites (N-methyl/N-ethyl adjacent to an activating group) is 3. The predicted octanol–water partition coefficient (Wildman–Crippen LogP) is 12.2. The molecule has 0 saturated carbocycles. The van der Waals surface area contributed by atoms with Crippen LogP contribution in [0.15, 0.2) is 182 Å². The maximum absolute atomic E-state index is 12.8. The summed E-state index contributed by atoms with van der Waals surface area (Å²) in [6.45, 7) is 24.4. The average molecular weight is 1240 g/mol. The Morgan fingerprint density at radius 3 is 0.857 bits per heavy atom. The highest BCUT2D eigenvalue weighted by molar-refractivity contribution is 5.80. The number of likely N-dealkylation sites (tertiary alicyclic amines) is 3. The molecule has 6 aromatic rings. The molecule has 3 aliphatic heterocycles. The predicted molar refractivity (Wildman–Crippen MR) is 372 cm³/mol. The van der Waals surface area contributed by atoms with E-state index < -0.39 is 0 Å². The van der Waals surface area contributed by atoms with Crippen molar-refractivity contribution < 1.29 is 28.7 Å². The Labute approximate surface area is 546 Å². The number of alkyl carbamates (subject to hydrolysis) is 1. The Bertz CT molecular complexity index is 2620. The Balaban J connectivity index is 0.000000255. The normalized spacial score (nSPS) is 14.6. The monoisotopic (exact) mass is 1240 g/mol. The topological polar surface area (TPSA) is 164 Å². The number of rotatable bonds is 20. The molecule has 0 aromatic heterocycles. The first-order valence-electron chi connectivity index (χ1n) is 33.0. The van der Waals surface area contributed by atoms with Crippen LogP contribution in [0, 0.1) is 0 Å². The fourth-order valence-corrected chi connectivity index (χ4v) is 10.9. The number of amides is 5. The maximum Gasteiger partial charge on any atom is 0.407 e. The lowest BCUT2D eigenvalue weighted by molar-refractivity contribution is -0.132. The van der Waals surface area contributed by atoms with Crippen molar-refractivity contribution >= 4 is 29.7 Å². The van der Waals surface area contributed by atoms with Crippen LogP contribution in [-0.2, 0) is 43.2 Å². The first-order chi connectivity index (χ1) is 43.9. The fraction of sp³-hybridized carbons (Fsp3) is 0.461. The van der Waals surface area contributed by atoms with Crippen molar-refractivity contribution in [2.45, 2.75) is 130 Å². The van der Waals surface area contributed by atoms with Crippen molar-refractivity contribution in [2.75, 3.05) is 99.7 Å². The fourth-order valence-electron chi connectivity index (χ4n) is 10.9. The number of nitrogens with one attached hydrogen (secondary N) is 2. The van der Waals surface area contributed by atoms with Crippen molar-refractivity contribution in [3.05, 3.63) is 215 Å². The number of nitrogens with zero attached hydrogens (tertiary/aromatic N) is 6. The first-order valence-corrected chi connectivity index (χ1v) is 33.0. The third-order valence-electron chi connectivity index (χ3n) is 15.8. The van der Waals surface area contributed by atoms with Gasteiger partial charge in [-0.05, 0) is 152 Å². The molecule has 0 aliphatic carbocycles. The lowest BCUT2D eigenvalue weighted by Crippen LogP contribution is -2.39. The van der Waals surface area contributed by atoms with Crippen LogP contribution in [0.25, 0.3) is 0 Å². The second-order valence-corrected chi connectivity index (χ2v) is 24.3. The molecule has 0 bridgehead atoms. The molecule has 9 rings (SSSR count).